The summed E-state index contributed by atoms with van der Waals surface area (Å²) >= 11 is 0. The summed E-state index contributed by atoms with van der Waals surface area (Å²) in [5.74, 6) is 6.80. The first kappa shape index (κ1) is 12.1. The molecule has 1 saturated carbocycles. The summed E-state index contributed by atoms with van der Waals surface area (Å²) in [4.78, 5) is 8.32. The molecule has 2 rings (SSSR count). The second-order valence-electron chi connectivity index (χ2n) is 4.49. The van der Waals surface area contributed by atoms with Crippen molar-refractivity contribution in [1.29, 1.82) is 0 Å². The Bertz CT molecular complexity index is 384. The predicted octanol–water partition coefficient (Wildman–Crippen LogP) is 0.644. The molecule has 17 heavy (non-hydrogen) atoms. The molecule has 1 aromatic rings. The van der Waals surface area contributed by atoms with Crippen LogP contribution in [-0.2, 0) is 0 Å². The number of aliphatic hydroxyl groups excluding tert-OH is 1. The molecule has 0 aromatic carbocycles. The van der Waals surface area contributed by atoms with E-state index in [0.717, 1.165) is 30.6 Å². The Morgan fingerprint density at radius 1 is 1.53 bits per heavy atom. The highest BCUT2D eigenvalue weighted by molar-refractivity contribution is 5.47. The molecule has 2 atom stereocenters. The summed E-state index contributed by atoms with van der Waals surface area (Å²) in [6, 6.07) is 0.291. The van der Waals surface area contributed by atoms with Gasteiger partial charge in [-0.2, -0.15) is 4.98 Å². The van der Waals surface area contributed by atoms with Gasteiger partial charge in [-0.3, -0.25) is 5.43 Å². The smallest absolute Gasteiger partial charge is 0.239 e. The van der Waals surface area contributed by atoms with Crippen LogP contribution in [0.25, 0.3) is 0 Å². The zero-order valence-electron chi connectivity index (χ0n) is 9.98. The first-order valence-electron chi connectivity index (χ1n) is 5.92. The second kappa shape index (κ2) is 5.29. The Hall–Kier alpha value is -1.40. The minimum atomic E-state index is 0.226. The first-order chi connectivity index (χ1) is 8.24. The van der Waals surface area contributed by atoms with Crippen LogP contribution in [0.15, 0.2) is 6.20 Å². The Labute approximate surface area is 101 Å². The normalized spacial score (nSPS) is 23.7. The maximum absolute atomic E-state index is 9.28. The number of aryl methyl sites for hydroxylation is 1. The third kappa shape index (κ3) is 2.65. The molecule has 2 unspecified atom stereocenters. The van der Waals surface area contributed by atoms with Crippen molar-refractivity contribution in [3.05, 3.63) is 11.8 Å². The van der Waals surface area contributed by atoms with Crippen LogP contribution in [0.3, 0.4) is 0 Å². The van der Waals surface area contributed by atoms with E-state index in [0.29, 0.717) is 17.9 Å². The monoisotopic (exact) mass is 237 g/mol. The number of hydrogen-bond donors (Lipinski definition) is 4. The quantitative estimate of drug-likeness (QED) is 0.453. The van der Waals surface area contributed by atoms with E-state index in [2.05, 4.69) is 20.7 Å². The third-order valence-corrected chi connectivity index (χ3v) is 3.32. The fourth-order valence-electron chi connectivity index (χ4n) is 2.28. The Kier molecular flexibility index (Phi) is 3.75. The van der Waals surface area contributed by atoms with Crippen LogP contribution in [0.4, 0.5) is 11.8 Å². The van der Waals surface area contributed by atoms with Crippen molar-refractivity contribution in [1.82, 2.24) is 9.97 Å². The van der Waals surface area contributed by atoms with Gasteiger partial charge >= 0.3 is 0 Å². The molecule has 0 bridgehead atoms. The highest BCUT2D eigenvalue weighted by atomic mass is 16.3. The highest BCUT2D eigenvalue weighted by Crippen LogP contribution is 2.28. The molecule has 0 saturated heterocycles. The Balaban J connectivity index is 2.12. The van der Waals surface area contributed by atoms with Gasteiger partial charge in [0.15, 0.2) is 0 Å². The standard InChI is InChI=1S/C11H19N5O/c1-7-5-13-11(16-12)15-10(7)14-9-4-2-3-8(9)6-17/h5,8-9,17H,2-4,6,12H2,1H3,(H2,13,14,15,16). The van der Waals surface area contributed by atoms with Crippen molar-refractivity contribution in [2.75, 3.05) is 17.3 Å². The Morgan fingerprint density at radius 3 is 3.06 bits per heavy atom. The number of nitrogens with zero attached hydrogens (tertiary/aromatic N) is 2. The molecule has 0 radical (unpaired) electrons. The number of nitrogens with two attached hydrogens (primary N) is 1. The second-order valence-corrected chi connectivity index (χ2v) is 4.49. The van der Waals surface area contributed by atoms with Crippen LogP contribution in [0.5, 0.6) is 0 Å². The van der Waals surface area contributed by atoms with Crippen LogP contribution in [0.1, 0.15) is 24.8 Å². The van der Waals surface area contributed by atoms with Crippen molar-refractivity contribution >= 4 is 11.8 Å². The number of aliphatic hydroxyl groups is 1. The van der Waals surface area contributed by atoms with Gasteiger partial charge in [-0.15, -0.1) is 0 Å². The molecular formula is C11H19N5O. The highest BCUT2D eigenvalue weighted by Gasteiger charge is 2.27. The van der Waals surface area contributed by atoms with Crippen molar-refractivity contribution < 1.29 is 5.11 Å². The third-order valence-electron chi connectivity index (χ3n) is 3.32. The molecule has 1 heterocycles. The molecule has 1 aromatic heterocycles. The lowest BCUT2D eigenvalue weighted by Crippen LogP contribution is -2.27. The maximum Gasteiger partial charge on any atom is 0.239 e. The maximum atomic E-state index is 9.28. The average molecular weight is 237 g/mol. The molecule has 6 nitrogen and oxygen atoms in total. The summed E-state index contributed by atoms with van der Waals surface area (Å²) < 4.78 is 0. The van der Waals surface area contributed by atoms with E-state index in [1.165, 1.54) is 0 Å². The summed E-state index contributed by atoms with van der Waals surface area (Å²) in [7, 11) is 0. The molecule has 1 fully saturated rings. The molecule has 1 aliphatic rings. The van der Waals surface area contributed by atoms with Crippen LogP contribution in [-0.4, -0.2) is 27.7 Å². The summed E-state index contributed by atoms with van der Waals surface area (Å²) in [6.45, 7) is 2.18. The number of aromatic nitrogens is 2. The van der Waals surface area contributed by atoms with Crippen molar-refractivity contribution in [3.8, 4) is 0 Å². The summed E-state index contributed by atoms with van der Waals surface area (Å²) in [5, 5.41) is 12.7. The van der Waals surface area contributed by atoms with Gasteiger partial charge in [0.1, 0.15) is 5.82 Å². The van der Waals surface area contributed by atoms with E-state index in [4.69, 9.17) is 5.84 Å². The van der Waals surface area contributed by atoms with Gasteiger partial charge in [0.05, 0.1) is 0 Å². The van der Waals surface area contributed by atoms with E-state index in [-0.39, 0.29) is 6.61 Å². The van der Waals surface area contributed by atoms with Crippen molar-refractivity contribution in [2.45, 2.75) is 32.2 Å². The molecule has 5 N–H and O–H groups in total. The van der Waals surface area contributed by atoms with Crippen LogP contribution < -0.4 is 16.6 Å². The van der Waals surface area contributed by atoms with Crippen molar-refractivity contribution in [3.63, 3.8) is 0 Å². The number of hydrazine groups is 1. The molecular weight excluding hydrogens is 218 g/mol. The SMILES string of the molecule is Cc1cnc(NN)nc1NC1CCCC1CO. The molecule has 1 aliphatic carbocycles. The minimum Gasteiger partial charge on any atom is -0.396 e. The molecule has 94 valence electrons. The van der Waals surface area contributed by atoms with Crippen molar-refractivity contribution in [2.24, 2.45) is 11.8 Å². The van der Waals surface area contributed by atoms with E-state index >= 15 is 0 Å². The van der Waals surface area contributed by atoms with Gasteiger partial charge in [-0.25, -0.2) is 10.8 Å². The van der Waals surface area contributed by atoms with Crippen LogP contribution in [0.2, 0.25) is 0 Å². The lowest BCUT2D eigenvalue weighted by molar-refractivity contribution is 0.222. The number of nitrogen functional groups attached to an aromatic ring is 1. The number of hydrogen-bond acceptors (Lipinski definition) is 6. The lowest BCUT2D eigenvalue weighted by atomic mass is 10.1. The molecule has 0 aliphatic heterocycles. The van der Waals surface area contributed by atoms with Crippen LogP contribution >= 0.6 is 0 Å². The average Bonchev–Trinajstić information content (AvgIpc) is 2.79. The topological polar surface area (TPSA) is 96.1 Å². The van der Waals surface area contributed by atoms with Gasteiger partial charge in [-0.05, 0) is 19.8 Å². The number of anilines is 2. The van der Waals surface area contributed by atoms with E-state index in [1.54, 1.807) is 6.20 Å². The fraction of sp³-hybridized carbons (Fsp3) is 0.636. The summed E-state index contributed by atoms with van der Waals surface area (Å²) in [5.41, 5.74) is 3.41. The number of rotatable bonds is 4. The molecule has 6 heteroatoms. The summed E-state index contributed by atoms with van der Waals surface area (Å²) in [6.07, 6.45) is 5.02. The zero-order chi connectivity index (χ0) is 12.3. The Morgan fingerprint density at radius 2 is 2.35 bits per heavy atom. The minimum absolute atomic E-state index is 0.226. The largest absolute Gasteiger partial charge is 0.396 e. The van der Waals surface area contributed by atoms with Crippen LogP contribution in [0, 0.1) is 12.8 Å². The molecule has 0 spiro atoms. The predicted molar refractivity (Wildman–Crippen MR) is 66.4 cm³/mol. The number of nitrogens with one attached hydrogen (secondary N) is 2. The van der Waals surface area contributed by atoms with Gasteiger partial charge in [0, 0.05) is 30.3 Å². The lowest BCUT2D eigenvalue weighted by Gasteiger charge is -2.20. The molecule has 0 amide bonds. The fourth-order valence-corrected chi connectivity index (χ4v) is 2.28. The zero-order valence-corrected chi connectivity index (χ0v) is 9.98. The van der Waals surface area contributed by atoms with E-state index in [9.17, 15) is 5.11 Å². The first-order valence-corrected chi connectivity index (χ1v) is 5.92. The van der Waals surface area contributed by atoms with E-state index < -0.39 is 0 Å². The van der Waals surface area contributed by atoms with E-state index in [1.807, 2.05) is 6.92 Å². The van der Waals surface area contributed by atoms with Gasteiger partial charge in [0.2, 0.25) is 5.95 Å². The van der Waals surface area contributed by atoms with Gasteiger partial charge < -0.3 is 10.4 Å². The van der Waals surface area contributed by atoms with Gasteiger partial charge in [-0.1, -0.05) is 6.42 Å². The van der Waals surface area contributed by atoms with Gasteiger partial charge in [0.25, 0.3) is 0 Å².